The van der Waals surface area contributed by atoms with Crippen molar-refractivity contribution in [1.82, 2.24) is 14.2 Å². The number of sulfonamides is 1. The molecule has 1 N–H and O–H groups in total. The van der Waals surface area contributed by atoms with Crippen LogP contribution in [0, 0.1) is 0 Å². The molecular weight excluding hydrogens is 306 g/mol. The maximum absolute atomic E-state index is 12.5. The second-order valence-electron chi connectivity index (χ2n) is 5.61. The van der Waals surface area contributed by atoms with Crippen LogP contribution in [-0.4, -0.2) is 56.0 Å². The van der Waals surface area contributed by atoms with E-state index in [0.29, 0.717) is 25.4 Å². The predicted octanol–water partition coefficient (Wildman–Crippen LogP) is 0.574. The molecular formula is C14H23N3O4S. The molecule has 2 rings (SSSR count). The van der Waals surface area contributed by atoms with Crippen molar-refractivity contribution in [3.05, 3.63) is 18.0 Å². The van der Waals surface area contributed by atoms with E-state index in [9.17, 15) is 13.2 Å². The number of aryl methyl sites for hydroxylation is 1. The van der Waals surface area contributed by atoms with Crippen LogP contribution in [0.5, 0.6) is 0 Å². The van der Waals surface area contributed by atoms with E-state index in [1.54, 1.807) is 14.2 Å². The summed E-state index contributed by atoms with van der Waals surface area (Å²) >= 11 is 0. The second-order valence-corrected chi connectivity index (χ2v) is 7.55. The van der Waals surface area contributed by atoms with Crippen LogP contribution in [-0.2, 0) is 21.8 Å². The summed E-state index contributed by atoms with van der Waals surface area (Å²) in [5.41, 5.74) is 0.320. The highest BCUT2D eigenvalue weighted by Gasteiger charge is 2.29. The lowest BCUT2D eigenvalue weighted by atomic mass is 10.3. The number of amides is 1. The highest BCUT2D eigenvalue weighted by molar-refractivity contribution is 7.89. The Kier molecular flexibility index (Phi) is 5.25. The summed E-state index contributed by atoms with van der Waals surface area (Å²) in [6, 6.07) is 1.29. The molecule has 0 bridgehead atoms. The van der Waals surface area contributed by atoms with Crippen molar-refractivity contribution in [2.45, 2.75) is 30.7 Å². The first kappa shape index (κ1) is 17.0. The molecule has 7 nitrogen and oxygen atoms in total. The fraction of sp³-hybridized carbons (Fsp3) is 0.643. The van der Waals surface area contributed by atoms with Crippen molar-refractivity contribution >= 4 is 15.9 Å². The molecule has 8 heteroatoms. The third-order valence-corrected chi connectivity index (χ3v) is 5.57. The third-order valence-electron chi connectivity index (χ3n) is 3.71. The van der Waals surface area contributed by atoms with E-state index in [2.05, 4.69) is 5.32 Å². The van der Waals surface area contributed by atoms with E-state index >= 15 is 0 Å². The topological polar surface area (TPSA) is 80.6 Å². The van der Waals surface area contributed by atoms with Crippen molar-refractivity contribution in [2.24, 2.45) is 7.05 Å². The maximum Gasteiger partial charge on any atom is 0.268 e. The number of methoxy groups -OCH3 is 1. The number of hydrogen-bond donors (Lipinski definition) is 1. The van der Waals surface area contributed by atoms with Gasteiger partial charge in [0.15, 0.2) is 0 Å². The largest absolute Gasteiger partial charge is 0.383 e. The monoisotopic (exact) mass is 329 g/mol. The number of nitrogens with zero attached hydrogens (tertiary/aromatic N) is 2. The molecule has 1 aliphatic rings. The molecule has 0 aliphatic carbocycles. The maximum atomic E-state index is 12.5. The Balaban J connectivity index is 2.19. The van der Waals surface area contributed by atoms with Gasteiger partial charge >= 0.3 is 0 Å². The van der Waals surface area contributed by atoms with E-state index in [1.165, 1.54) is 21.1 Å². The van der Waals surface area contributed by atoms with Crippen molar-refractivity contribution in [1.29, 1.82) is 0 Å². The van der Waals surface area contributed by atoms with Crippen LogP contribution in [0.25, 0.3) is 0 Å². The van der Waals surface area contributed by atoms with Gasteiger partial charge in [0.05, 0.1) is 6.61 Å². The van der Waals surface area contributed by atoms with E-state index < -0.39 is 10.0 Å². The van der Waals surface area contributed by atoms with E-state index in [1.807, 2.05) is 6.92 Å². The minimum Gasteiger partial charge on any atom is -0.383 e. The van der Waals surface area contributed by atoms with Gasteiger partial charge in [-0.1, -0.05) is 0 Å². The number of carbonyl (C=O) groups is 1. The fourth-order valence-electron chi connectivity index (χ4n) is 2.57. The average molecular weight is 329 g/mol. The third kappa shape index (κ3) is 3.50. The van der Waals surface area contributed by atoms with Gasteiger partial charge in [0.25, 0.3) is 5.91 Å². The molecule has 0 spiro atoms. The van der Waals surface area contributed by atoms with Crippen LogP contribution < -0.4 is 5.32 Å². The molecule has 0 radical (unpaired) electrons. The first-order valence-corrected chi connectivity index (χ1v) is 8.76. The van der Waals surface area contributed by atoms with Gasteiger partial charge in [-0.25, -0.2) is 8.42 Å². The van der Waals surface area contributed by atoms with Gasteiger partial charge in [-0.2, -0.15) is 4.31 Å². The van der Waals surface area contributed by atoms with E-state index in [0.717, 1.165) is 12.8 Å². The Hall–Kier alpha value is -1.38. The van der Waals surface area contributed by atoms with Gasteiger partial charge in [0.1, 0.15) is 10.6 Å². The van der Waals surface area contributed by atoms with Crippen LogP contribution in [0.4, 0.5) is 0 Å². The Morgan fingerprint density at radius 1 is 1.41 bits per heavy atom. The fourth-order valence-corrected chi connectivity index (χ4v) is 4.16. The molecule has 0 saturated carbocycles. The second kappa shape index (κ2) is 6.80. The van der Waals surface area contributed by atoms with Gasteiger partial charge in [0, 0.05) is 39.5 Å². The molecule has 2 heterocycles. The minimum absolute atomic E-state index is 0.147. The van der Waals surface area contributed by atoms with Gasteiger partial charge in [-0.05, 0) is 25.8 Å². The Labute approximate surface area is 131 Å². The quantitative estimate of drug-likeness (QED) is 0.827. The van der Waals surface area contributed by atoms with Crippen LogP contribution >= 0.6 is 0 Å². The Bertz CT molecular complexity index is 633. The molecule has 1 aromatic rings. The smallest absolute Gasteiger partial charge is 0.268 e. The summed E-state index contributed by atoms with van der Waals surface area (Å²) in [4.78, 5) is 12.4. The lowest BCUT2D eigenvalue weighted by molar-refractivity contribution is 0.0897. The van der Waals surface area contributed by atoms with Crippen LogP contribution in [0.3, 0.4) is 0 Å². The van der Waals surface area contributed by atoms with Gasteiger partial charge in [0.2, 0.25) is 10.0 Å². The molecule has 1 atom stereocenters. The zero-order valence-electron chi connectivity index (χ0n) is 13.2. The number of carbonyl (C=O) groups excluding carboxylic acids is 1. The van der Waals surface area contributed by atoms with E-state index in [4.69, 9.17) is 4.74 Å². The van der Waals surface area contributed by atoms with E-state index in [-0.39, 0.29) is 16.8 Å². The van der Waals surface area contributed by atoms with Crippen molar-refractivity contribution in [2.75, 3.05) is 26.8 Å². The first-order chi connectivity index (χ1) is 10.4. The van der Waals surface area contributed by atoms with Crippen molar-refractivity contribution in [3.63, 3.8) is 0 Å². The van der Waals surface area contributed by atoms with Crippen molar-refractivity contribution < 1.29 is 17.9 Å². The predicted molar refractivity (Wildman–Crippen MR) is 82.2 cm³/mol. The summed E-state index contributed by atoms with van der Waals surface area (Å²) in [6.45, 7) is 3.31. The molecule has 1 unspecified atom stereocenters. The molecule has 1 amide bonds. The first-order valence-electron chi connectivity index (χ1n) is 7.32. The molecule has 22 heavy (non-hydrogen) atoms. The molecule has 1 aliphatic heterocycles. The highest BCUT2D eigenvalue weighted by atomic mass is 32.2. The van der Waals surface area contributed by atoms with Gasteiger partial charge in [-0.3, -0.25) is 4.79 Å². The number of aromatic nitrogens is 1. The molecule has 124 valence electrons. The molecule has 1 aromatic heterocycles. The SMILES string of the molecule is COCC(C)NC(=O)c1cc(S(=O)(=O)N2CCCC2)cn1C. The van der Waals surface area contributed by atoms with Gasteiger partial charge < -0.3 is 14.6 Å². The lowest BCUT2D eigenvalue weighted by Crippen LogP contribution is -2.36. The number of ether oxygens (including phenoxy) is 1. The zero-order chi connectivity index (χ0) is 16.3. The summed E-state index contributed by atoms with van der Waals surface area (Å²) in [5.74, 6) is -0.310. The van der Waals surface area contributed by atoms with Crippen molar-refractivity contribution in [3.8, 4) is 0 Å². The summed E-state index contributed by atoms with van der Waals surface area (Å²) in [6.07, 6.45) is 3.26. The highest BCUT2D eigenvalue weighted by Crippen LogP contribution is 2.22. The molecule has 0 aromatic carbocycles. The lowest BCUT2D eigenvalue weighted by Gasteiger charge is -2.13. The Morgan fingerprint density at radius 3 is 2.64 bits per heavy atom. The molecule has 1 saturated heterocycles. The zero-order valence-corrected chi connectivity index (χ0v) is 14.0. The van der Waals surface area contributed by atoms with Crippen LogP contribution in [0.1, 0.15) is 30.3 Å². The molecule has 1 fully saturated rings. The summed E-state index contributed by atoms with van der Waals surface area (Å²) < 4.78 is 33.0. The summed E-state index contributed by atoms with van der Waals surface area (Å²) in [7, 11) is -0.278. The minimum atomic E-state index is -3.50. The Morgan fingerprint density at radius 2 is 2.05 bits per heavy atom. The average Bonchev–Trinajstić information content (AvgIpc) is 3.08. The number of rotatable bonds is 6. The van der Waals surface area contributed by atoms with Gasteiger partial charge in [-0.15, -0.1) is 0 Å². The normalized spacial score (nSPS) is 17.6. The van der Waals surface area contributed by atoms with Crippen LogP contribution in [0.2, 0.25) is 0 Å². The summed E-state index contributed by atoms with van der Waals surface area (Å²) in [5, 5.41) is 2.78. The number of hydrogen-bond acceptors (Lipinski definition) is 4. The van der Waals surface area contributed by atoms with Crippen LogP contribution in [0.15, 0.2) is 17.2 Å². The number of nitrogens with one attached hydrogen (secondary N) is 1. The standard InChI is InChI=1S/C14H23N3O4S/c1-11(10-21-3)15-14(18)13-8-12(9-16(13)2)22(19,20)17-6-4-5-7-17/h8-9,11H,4-7,10H2,1-3H3,(H,15,18).